The molecule has 5 nitrogen and oxygen atoms in total. The van der Waals surface area contributed by atoms with Gasteiger partial charge in [0.05, 0.1) is 0 Å². The maximum Gasteiger partial charge on any atom is 0.226 e. The number of rotatable bonds is 2. The van der Waals surface area contributed by atoms with E-state index in [1.807, 2.05) is 18.3 Å². The molecule has 0 aromatic carbocycles. The normalized spacial score (nSPS) is 35.2. The van der Waals surface area contributed by atoms with Crippen LogP contribution in [0.1, 0.15) is 32.1 Å². The van der Waals surface area contributed by atoms with E-state index in [9.17, 15) is 4.79 Å². The highest BCUT2D eigenvalue weighted by atomic mass is 32.1. The van der Waals surface area contributed by atoms with Crippen molar-refractivity contribution in [2.24, 2.45) is 29.6 Å². The van der Waals surface area contributed by atoms with E-state index in [0.717, 1.165) is 53.5 Å². The maximum absolute atomic E-state index is 13.4. The first-order valence-electron chi connectivity index (χ1n) is 10.5. The van der Waals surface area contributed by atoms with Crippen molar-refractivity contribution in [2.75, 3.05) is 31.1 Å². The first-order valence-corrected chi connectivity index (χ1v) is 11.3. The van der Waals surface area contributed by atoms with Gasteiger partial charge in [-0.15, -0.1) is 0 Å². The summed E-state index contributed by atoms with van der Waals surface area (Å²) in [4.78, 5) is 28.0. The monoisotopic (exact) mass is 382 g/mol. The third-order valence-corrected chi connectivity index (χ3v) is 8.57. The summed E-state index contributed by atoms with van der Waals surface area (Å²) in [5.74, 6) is 4.02. The number of carbonyl (C=O) groups is 1. The molecule has 0 atom stereocenters. The molecule has 142 valence electrons. The van der Waals surface area contributed by atoms with Crippen molar-refractivity contribution in [1.29, 1.82) is 0 Å². The van der Waals surface area contributed by atoms with Gasteiger partial charge in [-0.3, -0.25) is 4.79 Å². The molecule has 3 heterocycles. The van der Waals surface area contributed by atoms with Gasteiger partial charge in [-0.1, -0.05) is 11.3 Å². The van der Waals surface area contributed by atoms with Crippen LogP contribution in [0.2, 0.25) is 0 Å². The van der Waals surface area contributed by atoms with Crippen LogP contribution in [0.3, 0.4) is 0 Å². The van der Waals surface area contributed by atoms with Gasteiger partial charge in [-0.2, -0.15) is 0 Å². The third-order valence-electron chi connectivity index (χ3n) is 7.53. The quantitative estimate of drug-likeness (QED) is 0.799. The minimum atomic E-state index is 0.330. The van der Waals surface area contributed by atoms with E-state index in [4.69, 9.17) is 4.98 Å². The van der Waals surface area contributed by atoms with Gasteiger partial charge >= 0.3 is 0 Å². The highest BCUT2D eigenvalue weighted by Crippen LogP contribution is 2.56. The molecule has 1 saturated heterocycles. The Morgan fingerprint density at radius 3 is 2.37 bits per heavy atom. The van der Waals surface area contributed by atoms with Crippen molar-refractivity contribution in [3.63, 3.8) is 0 Å². The van der Waals surface area contributed by atoms with Crippen LogP contribution in [-0.2, 0) is 4.79 Å². The highest BCUT2D eigenvalue weighted by Gasteiger charge is 2.51. The Labute approximate surface area is 163 Å². The average molecular weight is 383 g/mol. The molecule has 5 aliphatic rings. The summed E-state index contributed by atoms with van der Waals surface area (Å²) in [5.41, 5.74) is 0.976. The zero-order valence-corrected chi connectivity index (χ0v) is 16.4. The second-order valence-corrected chi connectivity index (χ2v) is 10.0. The van der Waals surface area contributed by atoms with E-state index in [1.165, 1.54) is 32.1 Å². The zero-order chi connectivity index (χ0) is 18.0. The molecule has 4 aliphatic carbocycles. The van der Waals surface area contributed by atoms with Crippen LogP contribution in [0.15, 0.2) is 18.3 Å². The van der Waals surface area contributed by atoms with Crippen molar-refractivity contribution in [1.82, 2.24) is 14.9 Å². The minimum Gasteiger partial charge on any atom is -0.344 e. The molecule has 1 aliphatic heterocycles. The van der Waals surface area contributed by atoms with Gasteiger partial charge in [0.1, 0.15) is 10.3 Å². The highest BCUT2D eigenvalue weighted by molar-refractivity contribution is 7.21. The van der Waals surface area contributed by atoms with E-state index in [1.54, 1.807) is 11.3 Å². The van der Waals surface area contributed by atoms with Crippen LogP contribution in [0.25, 0.3) is 10.3 Å². The van der Waals surface area contributed by atoms with Crippen molar-refractivity contribution in [2.45, 2.75) is 32.1 Å². The predicted molar refractivity (Wildman–Crippen MR) is 107 cm³/mol. The number of pyridine rings is 1. The third kappa shape index (κ3) is 2.67. The molecular formula is C21H26N4OS. The molecule has 1 amide bonds. The van der Waals surface area contributed by atoms with Crippen LogP contribution in [0.4, 0.5) is 5.13 Å². The number of piperazine rings is 1. The number of fused-ring (bicyclic) bond motifs is 1. The van der Waals surface area contributed by atoms with Gasteiger partial charge in [0.25, 0.3) is 0 Å². The van der Waals surface area contributed by atoms with E-state index in [0.29, 0.717) is 23.7 Å². The molecular weight excluding hydrogens is 356 g/mol. The molecule has 4 saturated carbocycles. The lowest BCUT2D eigenvalue weighted by Gasteiger charge is -2.54. The van der Waals surface area contributed by atoms with Crippen LogP contribution in [-0.4, -0.2) is 47.0 Å². The number of amides is 1. The van der Waals surface area contributed by atoms with Crippen LogP contribution in [0, 0.1) is 29.6 Å². The largest absolute Gasteiger partial charge is 0.344 e. The lowest BCUT2D eigenvalue weighted by molar-refractivity contribution is -0.149. The summed E-state index contributed by atoms with van der Waals surface area (Å²) in [5, 5.41) is 1.05. The van der Waals surface area contributed by atoms with Gasteiger partial charge in [0.2, 0.25) is 5.91 Å². The summed E-state index contributed by atoms with van der Waals surface area (Å²) in [6.45, 7) is 3.45. The molecule has 2 aromatic heterocycles. The van der Waals surface area contributed by atoms with Crippen molar-refractivity contribution in [3.8, 4) is 0 Å². The summed E-state index contributed by atoms with van der Waals surface area (Å²) in [6, 6.07) is 3.96. The Bertz CT molecular complexity index is 811. The van der Waals surface area contributed by atoms with E-state index >= 15 is 0 Å². The lowest BCUT2D eigenvalue weighted by atomic mass is 9.51. The van der Waals surface area contributed by atoms with Crippen LogP contribution < -0.4 is 4.90 Å². The fourth-order valence-electron chi connectivity index (χ4n) is 6.55. The Hall–Kier alpha value is -1.69. The molecule has 0 spiro atoms. The fourth-order valence-corrected chi connectivity index (χ4v) is 7.51. The molecule has 6 heteroatoms. The Morgan fingerprint density at radius 2 is 1.70 bits per heavy atom. The van der Waals surface area contributed by atoms with Gasteiger partial charge in [-0.25, -0.2) is 9.97 Å². The van der Waals surface area contributed by atoms with Crippen molar-refractivity contribution >= 4 is 32.7 Å². The standard InChI is InChI=1S/C21H26N4OS/c26-20(18-15-9-13-8-14(11-15)12-16(18)10-13)24-4-6-25(7-5-24)21-23-17-2-1-3-22-19(17)27-21/h1-3,13-16,18H,4-12H2. The van der Waals surface area contributed by atoms with Crippen LogP contribution >= 0.6 is 11.3 Å². The number of aromatic nitrogens is 2. The number of hydrogen-bond donors (Lipinski definition) is 0. The SMILES string of the molecule is O=C(C1C2CC3CC(C2)CC1C3)N1CCN(c2nc3cccnc3s2)CC1. The van der Waals surface area contributed by atoms with Crippen molar-refractivity contribution in [3.05, 3.63) is 18.3 Å². The summed E-state index contributed by atoms with van der Waals surface area (Å²) < 4.78 is 0. The van der Waals surface area contributed by atoms with Gasteiger partial charge in [0, 0.05) is 38.3 Å². The predicted octanol–water partition coefficient (Wildman–Crippen LogP) is 3.41. The Balaban J connectivity index is 1.14. The number of carbonyl (C=O) groups excluding carboxylic acids is 1. The van der Waals surface area contributed by atoms with Gasteiger partial charge in [-0.05, 0) is 67.9 Å². The molecule has 0 N–H and O–H groups in total. The molecule has 0 radical (unpaired) electrons. The smallest absolute Gasteiger partial charge is 0.226 e. The first-order chi connectivity index (χ1) is 13.2. The molecule has 5 fully saturated rings. The van der Waals surface area contributed by atoms with Gasteiger partial charge < -0.3 is 9.80 Å². The first kappa shape index (κ1) is 16.3. The number of thiazole rings is 1. The molecule has 7 rings (SSSR count). The second kappa shape index (κ2) is 6.16. The zero-order valence-electron chi connectivity index (χ0n) is 15.6. The molecule has 4 bridgehead atoms. The Morgan fingerprint density at radius 1 is 1.00 bits per heavy atom. The Kier molecular flexibility index (Phi) is 3.71. The van der Waals surface area contributed by atoms with E-state index < -0.39 is 0 Å². The molecule has 0 unspecified atom stereocenters. The van der Waals surface area contributed by atoms with E-state index in [2.05, 4.69) is 14.8 Å². The minimum absolute atomic E-state index is 0.330. The molecule has 2 aromatic rings. The van der Waals surface area contributed by atoms with Crippen LogP contribution in [0.5, 0.6) is 0 Å². The topological polar surface area (TPSA) is 49.3 Å². The van der Waals surface area contributed by atoms with Gasteiger partial charge in [0.15, 0.2) is 5.13 Å². The average Bonchev–Trinajstić information content (AvgIpc) is 3.11. The fraction of sp³-hybridized carbons (Fsp3) is 0.667. The summed E-state index contributed by atoms with van der Waals surface area (Å²) in [7, 11) is 0. The number of anilines is 1. The number of hydrogen-bond acceptors (Lipinski definition) is 5. The summed E-state index contributed by atoms with van der Waals surface area (Å²) >= 11 is 1.66. The van der Waals surface area contributed by atoms with E-state index in [-0.39, 0.29) is 0 Å². The number of nitrogens with zero attached hydrogens (tertiary/aromatic N) is 4. The summed E-state index contributed by atoms with van der Waals surface area (Å²) in [6.07, 6.45) is 8.56. The lowest BCUT2D eigenvalue weighted by Crippen LogP contribution is -2.56. The maximum atomic E-state index is 13.4. The van der Waals surface area contributed by atoms with Crippen molar-refractivity contribution < 1.29 is 4.79 Å². The second-order valence-electron chi connectivity index (χ2n) is 9.09. The molecule has 27 heavy (non-hydrogen) atoms.